The van der Waals surface area contributed by atoms with Crippen molar-refractivity contribution in [2.24, 2.45) is 23.7 Å². The number of halogens is 1. The SMILES string of the molecule is Oc1cccc(C2(OCCCl)OOC23C2CC4CC(C2)CC3C4)c1. The maximum absolute atomic E-state index is 9.98. The lowest BCUT2D eigenvalue weighted by Gasteiger charge is -2.68. The third kappa shape index (κ3) is 1.86. The summed E-state index contributed by atoms with van der Waals surface area (Å²) in [5.74, 6) is 2.26. The third-order valence-electron chi connectivity index (χ3n) is 6.77. The quantitative estimate of drug-likeness (QED) is 0.659. The molecule has 1 aromatic rings. The van der Waals surface area contributed by atoms with Crippen molar-refractivity contribution in [2.75, 3.05) is 12.5 Å². The molecule has 0 amide bonds. The number of ether oxygens (including phenoxy) is 1. The van der Waals surface area contributed by atoms with Gasteiger partial charge in [0, 0.05) is 11.4 Å². The van der Waals surface area contributed by atoms with Gasteiger partial charge in [-0.1, -0.05) is 12.1 Å². The standard InChI is InChI=1S/C19H23ClO4/c20-4-5-22-19(14-2-1-3-17(21)11-14)18(23-24-19)15-7-12-6-13(9-15)10-16(18)8-12/h1-3,11-13,15-16,21H,4-10H2. The summed E-state index contributed by atoms with van der Waals surface area (Å²) in [5, 5.41) is 9.98. The van der Waals surface area contributed by atoms with Crippen LogP contribution in [0.3, 0.4) is 0 Å². The number of aromatic hydroxyl groups is 1. The molecule has 1 saturated heterocycles. The van der Waals surface area contributed by atoms with Gasteiger partial charge in [0.15, 0.2) is 5.60 Å². The van der Waals surface area contributed by atoms with Crippen LogP contribution in [0, 0.1) is 23.7 Å². The number of phenolic OH excluding ortho intramolecular Hbond substituents is 1. The summed E-state index contributed by atoms with van der Waals surface area (Å²) in [6.07, 6.45) is 6.16. The Bertz CT molecular complexity index is 620. The van der Waals surface area contributed by atoms with Gasteiger partial charge < -0.3 is 9.84 Å². The predicted octanol–water partition coefficient (Wildman–Crippen LogP) is 3.96. The van der Waals surface area contributed by atoms with Crippen molar-refractivity contribution in [2.45, 2.75) is 43.5 Å². The zero-order valence-electron chi connectivity index (χ0n) is 13.6. The number of hydrogen-bond donors (Lipinski definition) is 1. The first kappa shape index (κ1) is 15.4. The molecule has 130 valence electrons. The van der Waals surface area contributed by atoms with Gasteiger partial charge in [0.2, 0.25) is 0 Å². The van der Waals surface area contributed by atoms with Gasteiger partial charge in [0.25, 0.3) is 5.79 Å². The molecule has 1 aliphatic heterocycles. The highest BCUT2D eigenvalue weighted by atomic mass is 35.5. The lowest BCUT2D eigenvalue weighted by Crippen LogP contribution is -2.76. The molecule has 6 rings (SSSR count). The highest BCUT2D eigenvalue weighted by molar-refractivity contribution is 6.17. The Morgan fingerprint density at radius 2 is 1.79 bits per heavy atom. The Labute approximate surface area is 147 Å². The highest BCUT2D eigenvalue weighted by Gasteiger charge is 2.76. The van der Waals surface area contributed by atoms with Crippen molar-refractivity contribution in [3.05, 3.63) is 29.8 Å². The first-order valence-electron chi connectivity index (χ1n) is 9.04. The van der Waals surface area contributed by atoms with E-state index in [1.165, 1.54) is 32.1 Å². The van der Waals surface area contributed by atoms with Crippen LogP contribution < -0.4 is 0 Å². The number of benzene rings is 1. The summed E-state index contributed by atoms with van der Waals surface area (Å²) in [6, 6.07) is 7.20. The van der Waals surface area contributed by atoms with Gasteiger partial charge in [0.05, 0.1) is 6.61 Å². The lowest BCUT2D eigenvalue weighted by molar-refractivity contribution is -0.647. The first-order valence-corrected chi connectivity index (χ1v) is 9.57. The van der Waals surface area contributed by atoms with Crippen LogP contribution in [-0.2, 0) is 20.3 Å². The molecule has 1 aromatic carbocycles. The minimum atomic E-state index is -0.941. The maximum Gasteiger partial charge on any atom is 0.261 e. The fourth-order valence-electron chi connectivity index (χ4n) is 6.16. The van der Waals surface area contributed by atoms with E-state index in [1.807, 2.05) is 12.1 Å². The number of rotatable bonds is 4. The molecule has 4 aliphatic carbocycles. The Hall–Kier alpha value is -0.810. The highest BCUT2D eigenvalue weighted by Crippen LogP contribution is 2.69. The number of hydrogen-bond acceptors (Lipinski definition) is 4. The van der Waals surface area contributed by atoms with Crippen molar-refractivity contribution >= 4 is 11.6 Å². The Morgan fingerprint density at radius 3 is 2.33 bits per heavy atom. The molecule has 1 heterocycles. The topological polar surface area (TPSA) is 47.9 Å². The molecular formula is C19H23ClO4. The van der Waals surface area contributed by atoms with E-state index in [0.29, 0.717) is 24.3 Å². The van der Waals surface area contributed by atoms with Crippen LogP contribution in [0.25, 0.3) is 0 Å². The van der Waals surface area contributed by atoms with Gasteiger partial charge >= 0.3 is 0 Å². The van der Waals surface area contributed by atoms with E-state index in [-0.39, 0.29) is 5.75 Å². The van der Waals surface area contributed by atoms with Crippen LogP contribution in [-0.4, -0.2) is 23.2 Å². The summed E-state index contributed by atoms with van der Waals surface area (Å²) in [4.78, 5) is 11.7. The number of alkyl halides is 1. The van der Waals surface area contributed by atoms with Gasteiger partial charge in [-0.15, -0.1) is 11.6 Å². The molecule has 5 fully saturated rings. The second-order valence-electron chi connectivity index (χ2n) is 7.97. The van der Waals surface area contributed by atoms with Crippen molar-refractivity contribution in [3.63, 3.8) is 0 Å². The Morgan fingerprint density at radius 1 is 1.08 bits per heavy atom. The van der Waals surface area contributed by atoms with E-state index in [1.54, 1.807) is 12.1 Å². The van der Waals surface area contributed by atoms with E-state index in [0.717, 1.165) is 17.4 Å². The third-order valence-corrected chi connectivity index (χ3v) is 6.93. The molecule has 1 atom stereocenters. The second-order valence-corrected chi connectivity index (χ2v) is 8.35. The van der Waals surface area contributed by atoms with Crippen molar-refractivity contribution in [3.8, 4) is 5.75 Å². The van der Waals surface area contributed by atoms with Crippen LogP contribution in [0.1, 0.15) is 37.7 Å². The zero-order valence-corrected chi connectivity index (χ0v) is 14.4. The van der Waals surface area contributed by atoms with Crippen LogP contribution in [0.2, 0.25) is 0 Å². The molecule has 4 nitrogen and oxygen atoms in total. The molecule has 0 radical (unpaired) electrons. The van der Waals surface area contributed by atoms with E-state index >= 15 is 0 Å². The van der Waals surface area contributed by atoms with Crippen LogP contribution in [0.5, 0.6) is 5.75 Å². The van der Waals surface area contributed by atoms with E-state index < -0.39 is 11.4 Å². The fourth-order valence-corrected chi connectivity index (χ4v) is 6.24. The fraction of sp³-hybridized carbons (Fsp3) is 0.684. The molecule has 4 saturated carbocycles. The van der Waals surface area contributed by atoms with E-state index in [4.69, 9.17) is 26.1 Å². The second kappa shape index (κ2) is 5.34. The maximum atomic E-state index is 9.98. The van der Waals surface area contributed by atoms with Crippen molar-refractivity contribution in [1.82, 2.24) is 0 Å². The monoisotopic (exact) mass is 350 g/mol. The largest absolute Gasteiger partial charge is 0.508 e. The van der Waals surface area contributed by atoms with Crippen LogP contribution in [0.15, 0.2) is 24.3 Å². The first-order chi connectivity index (χ1) is 11.7. The minimum Gasteiger partial charge on any atom is -0.508 e. The average Bonchev–Trinajstić information content (AvgIpc) is 2.54. The molecule has 1 unspecified atom stereocenters. The molecular weight excluding hydrogens is 328 g/mol. The van der Waals surface area contributed by atoms with E-state index in [2.05, 4.69) is 0 Å². The normalized spacial score (nSPS) is 45.5. The summed E-state index contributed by atoms with van der Waals surface area (Å²) in [5.41, 5.74) is 0.409. The molecule has 24 heavy (non-hydrogen) atoms. The summed E-state index contributed by atoms with van der Waals surface area (Å²) >= 11 is 5.91. The Kier molecular flexibility index (Phi) is 3.44. The van der Waals surface area contributed by atoms with Gasteiger partial charge in [-0.3, -0.25) is 0 Å². The van der Waals surface area contributed by atoms with Gasteiger partial charge in [-0.2, -0.15) is 4.89 Å². The summed E-state index contributed by atoms with van der Waals surface area (Å²) < 4.78 is 6.25. The summed E-state index contributed by atoms with van der Waals surface area (Å²) in [6.45, 7) is 0.397. The van der Waals surface area contributed by atoms with Gasteiger partial charge in [0.1, 0.15) is 5.75 Å². The van der Waals surface area contributed by atoms with Crippen LogP contribution >= 0.6 is 11.6 Å². The van der Waals surface area contributed by atoms with Crippen molar-refractivity contribution < 1.29 is 19.6 Å². The van der Waals surface area contributed by atoms with Gasteiger partial charge in [-0.05, 0) is 67.9 Å². The van der Waals surface area contributed by atoms with Crippen molar-refractivity contribution in [1.29, 1.82) is 0 Å². The summed E-state index contributed by atoms with van der Waals surface area (Å²) in [7, 11) is 0. The lowest BCUT2D eigenvalue weighted by atomic mass is 9.47. The smallest absolute Gasteiger partial charge is 0.261 e. The zero-order chi connectivity index (χ0) is 16.4. The molecule has 5 aliphatic rings. The average molecular weight is 351 g/mol. The molecule has 4 bridgehead atoms. The van der Waals surface area contributed by atoms with Crippen LogP contribution in [0.4, 0.5) is 0 Å². The van der Waals surface area contributed by atoms with E-state index in [9.17, 15) is 5.11 Å². The Balaban J connectivity index is 1.60. The number of phenols is 1. The molecule has 0 aromatic heterocycles. The molecule has 5 heteroatoms. The molecule has 1 spiro atoms. The van der Waals surface area contributed by atoms with Gasteiger partial charge in [-0.25, -0.2) is 4.89 Å². The molecule has 1 N–H and O–H groups in total. The minimum absolute atomic E-state index is 0.218. The predicted molar refractivity (Wildman–Crippen MR) is 88.4 cm³/mol.